The van der Waals surface area contributed by atoms with Gasteiger partial charge in [0, 0.05) is 12.4 Å². The molecule has 0 N–H and O–H groups in total. The van der Waals surface area contributed by atoms with Gasteiger partial charge in [-0.25, -0.2) is 9.97 Å². The zero-order chi connectivity index (χ0) is 14.4. The molecule has 0 atom stereocenters. The van der Waals surface area contributed by atoms with Crippen LogP contribution in [0.25, 0.3) is 16.7 Å². The van der Waals surface area contributed by atoms with Crippen molar-refractivity contribution in [3.05, 3.63) is 58.7 Å². The minimum absolute atomic E-state index is 0.171. The van der Waals surface area contributed by atoms with E-state index in [-0.39, 0.29) is 11.3 Å². The van der Waals surface area contributed by atoms with Crippen molar-refractivity contribution in [2.45, 2.75) is 13.5 Å². The van der Waals surface area contributed by atoms with Crippen LogP contribution in [0.4, 0.5) is 0 Å². The summed E-state index contributed by atoms with van der Waals surface area (Å²) in [6.45, 7) is 2.08. The Morgan fingerprint density at radius 2 is 2.24 bits per heavy atom. The molecule has 0 saturated heterocycles. The molecule has 0 amide bonds. The number of rotatable bonds is 2. The summed E-state index contributed by atoms with van der Waals surface area (Å²) >= 11 is 0. The minimum Gasteiger partial charge on any atom is -0.335 e. The average molecular weight is 281 g/mol. The Bertz CT molecular complexity index is 978. The molecule has 7 nitrogen and oxygen atoms in total. The Labute approximate surface area is 118 Å². The maximum absolute atomic E-state index is 12.4. The van der Waals surface area contributed by atoms with Gasteiger partial charge in [0.15, 0.2) is 0 Å². The van der Waals surface area contributed by atoms with Crippen LogP contribution in [0.5, 0.6) is 0 Å². The minimum atomic E-state index is -0.171. The van der Waals surface area contributed by atoms with Crippen LogP contribution >= 0.6 is 0 Å². The van der Waals surface area contributed by atoms with E-state index < -0.39 is 0 Å². The van der Waals surface area contributed by atoms with E-state index in [4.69, 9.17) is 4.52 Å². The lowest BCUT2D eigenvalue weighted by Gasteiger charge is -2.01. The van der Waals surface area contributed by atoms with Gasteiger partial charge in [0.1, 0.15) is 17.4 Å². The zero-order valence-corrected chi connectivity index (χ0v) is 11.2. The molecule has 4 heterocycles. The van der Waals surface area contributed by atoms with Crippen molar-refractivity contribution in [3.63, 3.8) is 0 Å². The molecular formula is C14H11N5O2. The summed E-state index contributed by atoms with van der Waals surface area (Å²) in [5, 5.41) is 4.19. The fourth-order valence-corrected chi connectivity index (χ4v) is 2.36. The van der Waals surface area contributed by atoms with Gasteiger partial charge < -0.3 is 8.92 Å². The number of aryl methyl sites for hydroxylation is 1. The Hall–Kier alpha value is -2.96. The van der Waals surface area contributed by atoms with Crippen LogP contribution in [0.15, 0.2) is 46.2 Å². The SMILES string of the molecule is Cc1noc2ncn(Cc3cn4ccccc4n3)c(=O)c12. The van der Waals surface area contributed by atoms with Crippen LogP contribution in [0.3, 0.4) is 0 Å². The van der Waals surface area contributed by atoms with Crippen molar-refractivity contribution in [2.75, 3.05) is 0 Å². The third-order valence-corrected chi connectivity index (χ3v) is 3.38. The number of aromatic nitrogens is 5. The molecule has 0 unspecified atom stereocenters. The molecule has 0 aliphatic rings. The van der Waals surface area contributed by atoms with Crippen molar-refractivity contribution in [2.24, 2.45) is 0 Å². The maximum Gasteiger partial charge on any atom is 0.266 e. The van der Waals surface area contributed by atoms with Gasteiger partial charge in [-0.05, 0) is 19.1 Å². The molecule has 21 heavy (non-hydrogen) atoms. The Balaban J connectivity index is 1.81. The predicted octanol–water partition coefficient (Wildman–Crippen LogP) is 1.39. The van der Waals surface area contributed by atoms with Crippen LogP contribution in [-0.2, 0) is 6.54 Å². The second-order valence-electron chi connectivity index (χ2n) is 4.82. The molecule has 0 aromatic carbocycles. The first-order chi connectivity index (χ1) is 10.2. The van der Waals surface area contributed by atoms with E-state index >= 15 is 0 Å². The number of hydrogen-bond acceptors (Lipinski definition) is 5. The monoisotopic (exact) mass is 281 g/mol. The van der Waals surface area contributed by atoms with E-state index in [1.54, 1.807) is 6.92 Å². The van der Waals surface area contributed by atoms with Gasteiger partial charge in [0.05, 0.1) is 17.9 Å². The molecular weight excluding hydrogens is 270 g/mol. The fourth-order valence-electron chi connectivity index (χ4n) is 2.36. The van der Waals surface area contributed by atoms with Crippen molar-refractivity contribution in [1.29, 1.82) is 0 Å². The molecule has 4 rings (SSSR count). The summed E-state index contributed by atoms with van der Waals surface area (Å²) in [4.78, 5) is 21.0. The summed E-state index contributed by atoms with van der Waals surface area (Å²) in [5.41, 5.74) is 2.28. The maximum atomic E-state index is 12.4. The van der Waals surface area contributed by atoms with Crippen LogP contribution in [0, 0.1) is 6.92 Å². The van der Waals surface area contributed by atoms with E-state index in [9.17, 15) is 4.79 Å². The molecule has 4 aromatic heterocycles. The standard InChI is InChI=1S/C14H11N5O2/c1-9-12-13(21-17-9)15-8-19(14(12)20)7-10-6-18-5-3-2-4-11(18)16-10/h2-6,8H,7H2,1H3. The Kier molecular flexibility index (Phi) is 2.41. The van der Waals surface area contributed by atoms with Crippen molar-refractivity contribution < 1.29 is 4.52 Å². The van der Waals surface area contributed by atoms with E-state index in [1.165, 1.54) is 10.9 Å². The second-order valence-corrected chi connectivity index (χ2v) is 4.82. The van der Waals surface area contributed by atoms with E-state index in [0.29, 0.717) is 17.6 Å². The van der Waals surface area contributed by atoms with Gasteiger partial charge in [0.2, 0.25) is 0 Å². The van der Waals surface area contributed by atoms with Gasteiger partial charge >= 0.3 is 0 Å². The third kappa shape index (κ3) is 1.82. The topological polar surface area (TPSA) is 78.2 Å². The zero-order valence-electron chi connectivity index (χ0n) is 11.2. The van der Waals surface area contributed by atoms with Crippen LogP contribution in [-0.4, -0.2) is 24.1 Å². The molecule has 0 aliphatic heterocycles. The van der Waals surface area contributed by atoms with Crippen LogP contribution in [0.1, 0.15) is 11.4 Å². The molecule has 0 aliphatic carbocycles. The van der Waals surface area contributed by atoms with Crippen LogP contribution in [0.2, 0.25) is 0 Å². The lowest BCUT2D eigenvalue weighted by molar-refractivity contribution is 0.442. The van der Waals surface area contributed by atoms with Gasteiger partial charge in [-0.3, -0.25) is 9.36 Å². The molecule has 0 fully saturated rings. The van der Waals surface area contributed by atoms with Gasteiger partial charge in [0.25, 0.3) is 11.3 Å². The first-order valence-electron chi connectivity index (χ1n) is 6.46. The van der Waals surface area contributed by atoms with Gasteiger partial charge in [-0.1, -0.05) is 11.2 Å². The first-order valence-corrected chi connectivity index (χ1v) is 6.46. The summed E-state index contributed by atoms with van der Waals surface area (Å²) in [6.07, 6.45) is 5.27. The summed E-state index contributed by atoms with van der Waals surface area (Å²) < 4.78 is 8.41. The summed E-state index contributed by atoms with van der Waals surface area (Å²) in [5.74, 6) is 0. The lowest BCUT2D eigenvalue weighted by Crippen LogP contribution is -2.21. The van der Waals surface area contributed by atoms with E-state index in [1.807, 2.05) is 35.0 Å². The predicted molar refractivity (Wildman–Crippen MR) is 75.1 cm³/mol. The molecule has 104 valence electrons. The lowest BCUT2D eigenvalue weighted by atomic mass is 10.3. The van der Waals surface area contributed by atoms with Crippen molar-refractivity contribution in [1.82, 2.24) is 24.1 Å². The van der Waals surface area contributed by atoms with Crippen molar-refractivity contribution >= 4 is 16.7 Å². The molecule has 4 aromatic rings. The average Bonchev–Trinajstić information content (AvgIpc) is 3.05. The van der Waals surface area contributed by atoms with E-state index in [2.05, 4.69) is 15.1 Å². The highest BCUT2D eigenvalue weighted by atomic mass is 16.5. The van der Waals surface area contributed by atoms with Gasteiger partial charge in [-0.2, -0.15) is 0 Å². The smallest absolute Gasteiger partial charge is 0.266 e. The Morgan fingerprint density at radius 1 is 1.33 bits per heavy atom. The highest BCUT2D eigenvalue weighted by Gasteiger charge is 2.13. The molecule has 7 heteroatoms. The second kappa shape index (κ2) is 4.27. The van der Waals surface area contributed by atoms with Crippen LogP contribution < -0.4 is 5.56 Å². The normalized spacial score (nSPS) is 11.5. The molecule has 0 radical (unpaired) electrons. The van der Waals surface area contributed by atoms with E-state index in [0.717, 1.165) is 11.3 Å². The molecule has 0 saturated carbocycles. The highest BCUT2D eigenvalue weighted by Crippen LogP contribution is 2.11. The number of pyridine rings is 1. The number of nitrogens with zero attached hydrogens (tertiary/aromatic N) is 5. The number of hydrogen-bond donors (Lipinski definition) is 0. The molecule has 0 spiro atoms. The Morgan fingerprint density at radius 3 is 3.10 bits per heavy atom. The summed E-state index contributed by atoms with van der Waals surface area (Å²) in [7, 11) is 0. The quantitative estimate of drug-likeness (QED) is 0.555. The fraction of sp³-hybridized carbons (Fsp3) is 0.143. The number of imidazole rings is 1. The summed E-state index contributed by atoms with van der Waals surface area (Å²) in [6, 6.07) is 5.77. The molecule has 0 bridgehead atoms. The van der Waals surface area contributed by atoms with Gasteiger partial charge in [-0.15, -0.1) is 0 Å². The largest absolute Gasteiger partial charge is 0.335 e. The van der Waals surface area contributed by atoms with Crippen molar-refractivity contribution in [3.8, 4) is 0 Å². The third-order valence-electron chi connectivity index (χ3n) is 3.38. The highest BCUT2D eigenvalue weighted by molar-refractivity contribution is 5.73. The first kappa shape index (κ1) is 11.8. The number of fused-ring (bicyclic) bond motifs is 2.